The Hall–Kier alpha value is -1.06. The molecule has 3 heteroatoms. The first-order valence-corrected chi connectivity index (χ1v) is 9.68. The molecule has 1 saturated carbocycles. The fraction of sp³-hybridized carbons (Fsp3) is 0.727. The van der Waals surface area contributed by atoms with E-state index < -0.39 is 0 Å². The monoisotopic (exact) mass is 346 g/mol. The number of hydrogen-bond acceptors (Lipinski definition) is 3. The van der Waals surface area contributed by atoms with E-state index >= 15 is 0 Å². The molecule has 1 aliphatic carbocycles. The largest absolute Gasteiger partial charge is 0.507 e. The summed E-state index contributed by atoms with van der Waals surface area (Å²) in [6.45, 7) is 14.4. The van der Waals surface area contributed by atoms with Crippen molar-refractivity contribution in [3.63, 3.8) is 0 Å². The minimum Gasteiger partial charge on any atom is -0.507 e. The average Bonchev–Trinajstić information content (AvgIpc) is 2.44. The lowest BCUT2D eigenvalue weighted by atomic mass is 9.76. The van der Waals surface area contributed by atoms with Crippen LogP contribution in [0.3, 0.4) is 0 Å². The van der Waals surface area contributed by atoms with E-state index in [9.17, 15) is 5.11 Å². The van der Waals surface area contributed by atoms with Gasteiger partial charge in [-0.25, -0.2) is 0 Å². The Morgan fingerprint density at radius 3 is 1.68 bits per heavy atom. The van der Waals surface area contributed by atoms with Crippen molar-refractivity contribution in [2.45, 2.75) is 77.9 Å². The lowest BCUT2D eigenvalue weighted by molar-refractivity contribution is -0.216. The Morgan fingerprint density at radius 2 is 1.32 bits per heavy atom. The maximum atomic E-state index is 10.9. The minimum atomic E-state index is -0.320. The van der Waals surface area contributed by atoms with Crippen LogP contribution in [0, 0.1) is 11.8 Å². The first-order chi connectivity index (χ1) is 11.6. The smallest absolute Gasteiger partial charge is 0.183 e. The maximum Gasteiger partial charge on any atom is 0.183 e. The van der Waals surface area contributed by atoms with Gasteiger partial charge >= 0.3 is 0 Å². The summed E-state index contributed by atoms with van der Waals surface area (Å²) in [4.78, 5) is 0. The van der Waals surface area contributed by atoms with Crippen LogP contribution in [0.5, 0.6) is 5.75 Å². The number of rotatable bonds is 2. The van der Waals surface area contributed by atoms with Crippen molar-refractivity contribution in [1.29, 1.82) is 0 Å². The Labute approximate surface area is 152 Å². The van der Waals surface area contributed by atoms with Crippen LogP contribution in [0.4, 0.5) is 0 Å². The molecule has 1 aromatic carbocycles. The van der Waals surface area contributed by atoms with Crippen molar-refractivity contribution in [2.75, 3.05) is 13.2 Å². The Morgan fingerprint density at radius 1 is 0.840 bits per heavy atom. The highest BCUT2D eigenvalue weighted by molar-refractivity contribution is 5.50. The van der Waals surface area contributed by atoms with E-state index in [0.29, 0.717) is 11.7 Å². The summed E-state index contributed by atoms with van der Waals surface area (Å²) in [7, 11) is 0. The molecule has 3 rings (SSSR count). The zero-order valence-corrected chi connectivity index (χ0v) is 16.7. The van der Waals surface area contributed by atoms with E-state index in [1.807, 2.05) is 0 Å². The molecule has 2 aliphatic rings. The molecule has 1 aliphatic heterocycles. The van der Waals surface area contributed by atoms with Crippen molar-refractivity contribution in [1.82, 2.24) is 0 Å². The minimum absolute atomic E-state index is 0.136. The quantitative estimate of drug-likeness (QED) is 0.774. The first-order valence-electron chi connectivity index (χ1n) is 9.68. The van der Waals surface area contributed by atoms with Crippen molar-refractivity contribution in [3.8, 4) is 5.75 Å². The molecule has 1 aromatic rings. The Balaban J connectivity index is 1.88. The molecule has 0 bridgehead atoms. The highest BCUT2D eigenvalue weighted by Crippen LogP contribution is 2.43. The van der Waals surface area contributed by atoms with Gasteiger partial charge in [-0.3, -0.25) is 0 Å². The standard InChI is InChI=1S/C22H34O3/c1-21(2,3)17-10-15(11-18(19(17)23)22(4,5)6)20-24-12-16(13-25-20)14-8-7-9-14/h10-11,14,16,20,23H,7-9,12-13H2,1-6H3. The number of phenolic OH excluding ortho intramolecular Hbond substituents is 1. The Kier molecular flexibility index (Phi) is 4.93. The summed E-state index contributed by atoms with van der Waals surface area (Å²) < 4.78 is 12.2. The summed E-state index contributed by atoms with van der Waals surface area (Å²) in [6, 6.07) is 4.14. The van der Waals surface area contributed by atoms with Gasteiger partial charge in [-0.15, -0.1) is 0 Å². The summed E-state index contributed by atoms with van der Waals surface area (Å²) in [6.07, 6.45) is 3.68. The van der Waals surface area contributed by atoms with Gasteiger partial charge in [0, 0.05) is 11.5 Å². The molecule has 140 valence electrons. The number of hydrogen-bond donors (Lipinski definition) is 1. The van der Waals surface area contributed by atoms with Gasteiger partial charge < -0.3 is 14.6 Å². The highest BCUT2D eigenvalue weighted by Gasteiger charge is 2.34. The van der Waals surface area contributed by atoms with Gasteiger partial charge in [-0.1, -0.05) is 60.8 Å². The lowest BCUT2D eigenvalue weighted by Crippen LogP contribution is -2.35. The number of phenols is 1. The van der Waals surface area contributed by atoms with Crippen LogP contribution in [0.2, 0.25) is 0 Å². The van der Waals surface area contributed by atoms with Crippen LogP contribution in [0.25, 0.3) is 0 Å². The van der Waals surface area contributed by atoms with E-state index in [1.54, 1.807) is 0 Å². The predicted molar refractivity (Wildman–Crippen MR) is 101 cm³/mol. The molecule has 0 atom stereocenters. The summed E-state index contributed by atoms with van der Waals surface area (Å²) in [5.41, 5.74) is 2.68. The third-order valence-corrected chi connectivity index (χ3v) is 5.76. The van der Waals surface area contributed by atoms with Crippen LogP contribution in [-0.2, 0) is 20.3 Å². The number of aromatic hydroxyl groups is 1. The molecule has 25 heavy (non-hydrogen) atoms. The summed E-state index contributed by atoms with van der Waals surface area (Å²) in [5.74, 6) is 1.74. The highest BCUT2D eigenvalue weighted by atomic mass is 16.7. The maximum absolute atomic E-state index is 10.9. The predicted octanol–water partition coefficient (Wildman–Crippen LogP) is 5.45. The molecular weight excluding hydrogens is 312 g/mol. The Bertz CT molecular complexity index is 574. The third kappa shape index (κ3) is 3.88. The van der Waals surface area contributed by atoms with Crippen LogP contribution in [-0.4, -0.2) is 18.3 Å². The molecule has 0 aromatic heterocycles. The fourth-order valence-corrected chi connectivity index (χ4v) is 3.83. The second-order valence-electron chi connectivity index (χ2n) is 9.91. The van der Waals surface area contributed by atoms with E-state index in [2.05, 4.69) is 53.7 Å². The van der Waals surface area contributed by atoms with Crippen LogP contribution in [0.1, 0.15) is 83.8 Å². The topological polar surface area (TPSA) is 38.7 Å². The molecule has 2 fully saturated rings. The van der Waals surface area contributed by atoms with Crippen molar-refractivity contribution < 1.29 is 14.6 Å². The van der Waals surface area contributed by atoms with Crippen LogP contribution >= 0.6 is 0 Å². The van der Waals surface area contributed by atoms with E-state index in [1.165, 1.54) is 19.3 Å². The zero-order chi connectivity index (χ0) is 18.4. The van der Waals surface area contributed by atoms with Crippen molar-refractivity contribution in [2.24, 2.45) is 11.8 Å². The molecule has 1 N–H and O–H groups in total. The van der Waals surface area contributed by atoms with Crippen molar-refractivity contribution in [3.05, 3.63) is 28.8 Å². The lowest BCUT2D eigenvalue weighted by Gasteiger charge is -2.39. The molecule has 1 heterocycles. The van der Waals surface area contributed by atoms with Gasteiger partial charge in [0.2, 0.25) is 0 Å². The number of benzene rings is 1. The SMILES string of the molecule is CC(C)(C)c1cc(C2OCC(C3CCC3)CO2)cc(C(C)(C)C)c1O. The molecule has 1 saturated heterocycles. The average molecular weight is 347 g/mol. The molecule has 3 nitrogen and oxygen atoms in total. The van der Waals surface area contributed by atoms with Gasteiger partial charge in [0.25, 0.3) is 0 Å². The van der Waals surface area contributed by atoms with Gasteiger partial charge in [0.15, 0.2) is 6.29 Å². The van der Waals surface area contributed by atoms with Gasteiger partial charge in [-0.2, -0.15) is 0 Å². The zero-order valence-electron chi connectivity index (χ0n) is 16.7. The summed E-state index contributed by atoms with van der Waals surface area (Å²) >= 11 is 0. The van der Waals surface area contributed by atoms with Gasteiger partial charge in [0.1, 0.15) is 5.75 Å². The van der Waals surface area contributed by atoms with Crippen LogP contribution < -0.4 is 0 Å². The van der Waals surface area contributed by atoms with Crippen molar-refractivity contribution >= 4 is 0 Å². The molecule has 0 spiro atoms. The normalized spacial score (nSPS) is 25.7. The molecule has 0 amide bonds. The van der Waals surface area contributed by atoms with E-state index in [4.69, 9.17) is 9.47 Å². The van der Waals surface area contributed by atoms with Crippen LogP contribution in [0.15, 0.2) is 12.1 Å². The second kappa shape index (κ2) is 6.59. The second-order valence-corrected chi connectivity index (χ2v) is 9.91. The van der Waals surface area contributed by atoms with E-state index in [0.717, 1.165) is 35.8 Å². The molecule has 0 radical (unpaired) electrons. The molecular formula is C22H34O3. The molecule has 0 unspecified atom stereocenters. The first kappa shape index (κ1) is 18.7. The third-order valence-electron chi connectivity index (χ3n) is 5.76. The van der Waals surface area contributed by atoms with Gasteiger partial charge in [-0.05, 0) is 40.0 Å². The summed E-state index contributed by atoms with van der Waals surface area (Å²) in [5, 5.41) is 10.9. The van der Waals surface area contributed by atoms with Gasteiger partial charge in [0.05, 0.1) is 13.2 Å². The van der Waals surface area contributed by atoms with E-state index in [-0.39, 0.29) is 17.1 Å². The number of ether oxygens (including phenoxy) is 2. The fourth-order valence-electron chi connectivity index (χ4n) is 3.83.